The van der Waals surface area contributed by atoms with E-state index in [1.807, 2.05) is 6.07 Å². The Morgan fingerprint density at radius 1 is 0.536 bits per heavy atom. The maximum Gasteiger partial charge on any atom is 0.160 e. The van der Waals surface area contributed by atoms with Crippen molar-refractivity contribution >= 4 is 0 Å². The largest absolute Gasteiger partial charge is 0.493 e. The summed E-state index contributed by atoms with van der Waals surface area (Å²) in [6.45, 7) is 2.29. The van der Waals surface area contributed by atoms with E-state index in [-0.39, 0.29) is 0 Å². The molecule has 1 aromatic rings. The number of ether oxygens (including phenoxy) is 2. The van der Waals surface area contributed by atoms with E-state index in [0.29, 0.717) is 0 Å². The highest BCUT2D eigenvalue weighted by Crippen LogP contribution is 2.28. The van der Waals surface area contributed by atoms with Crippen LogP contribution in [0.15, 0.2) is 18.2 Å². The molecule has 0 aliphatic carbocycles. The fourth-order valence-corrected chi connectivity index (χ4v) is 3.91. The first kappa shape index (κ1) is 24.9. The Labute approximate surface area is 175 Å². The third-order valence-corrected chi connectivity index (χ3v) is 5.77. The Bertz CT molecular complexity index is 470. The van der Waals surface area contributed by atoms with Crippen LogP contribution in [-0.4, -0.2) is 14.2 Å². The molecule has 28 heavy (non-hydrogen) atoms. The van der Waals surface area contributed by atoms with Crippen LogP contribution in [0.2, 0.25) is 0 Å². The third kappa shape index (κ3) is 12.3. The van der Waals surface area contributed by atoms with Crippen molar-refractivity contribution in [3.8, 4) is 11.5 Å². The molecule has 0 radical (unpaired) electrons. The van der Waals surface area contributed by atoms with Crippen molar-refractivity contribution in [1.29, 1.82) is 0 Å². The van der Waals surface area contributed by atoms with Crippen LogP contribution in [0.1, 0.15) is 115 Å². The zero-order valence-corrected chi connectivity index (χ0v) is 19.1. The monoisotopic (exact) mass is 390 g/mol. The van der Waals surface area contributed by atoms with Gasteiger partial charge in [-0.15, -0.1) is 0 Å². The van der Waals surface area contributed by atoms with Crippen molar-refractivity contribution in [3.63, 3.8) is 0 Å². The molecule has 0 saturated carbocycles. The van der Waals surface area contributed by atoms with E-state index in [0.717, 1.165) is 17.9 Å². The van der Waals surface area contributed by atoms with E-state index >= 15 is 0 Å². The van der Waals surface area contributed by atoms with E-state index in [2.05, 4.69) is 19.1 Å². The summed E-state index contributed by atoms with van der Waals surface area (Å²) >= 11 is 0. The van der Waals surface area contributed by atoms with Crippen molar-refractivity contribution in [2.24, 2.45) is 0 Å². The summed E-state index contributed by atoms with van der Waals surface area (Å²) in [4.78, 5) is 0. The second kappa shape index (κ2) is 17.9. The predicted molar refractivity (Wildman–Crippen MR) is 123 cm³/mol. The molecule has 0 spiro atoms. The van der Waals surface area contributed by atoms with Crippen LogP contribution < -0.4 is 9.47 Å². The average Bonchev–Trinajstić information content (AvgIpc) is 2.73. The highest BCUT2D eigenvalue weighted by Gasteiger charge is 2.04. The number of hydrogen-bond donors (Lipinski definition) is 0. The van der Waals surface area contributed by atoms with Crippen LogP contribution in [0.5, 0.6) is 11.5 Å². The maximum absolute atomic E-state index is 5.38. The molecule has 0 atom stereocenters. The van der Waals surface area contributed by atoms with Gasteiger partial charge in [-0.2, -0.15) is 0 Å². The van der Waals surface area contributed by atoms with Gasteiger partial charge in [0.1, 0.15) is 0 Å². The van der Waals surface area contributed by atoms with Crippen molar-refractivity contribution in [2.45, 2.75) is 116 Å². The van der Waals surface area contributed by atoms with Gasteiger partial charge in [0, 0.05) is 0 Å². The van der Waals surface area contributed by atoms with E-state index in [1.165, 1.54) is 108 Å². The summed E-state index contributed by atoms with van der Waals surface area (Å²) in [7, 11) is 3.39. The summed E-state index contributed by atoms with van der Waals surface area (Å²) < 4.78 is 10.7. The molecule has 0 aliphatic rings. The smallest absolute Gasteiger partial charge is 0.160 e. The number of rotatable bonds is 19. The minimum Gasteiger partial charge on any atom is -0.493 e. The van der Waals surface area contributed by atoms with E-state index in [1.54, 1.807) is 14.2 Å². The summed E-state index contributed by atoms with van der Waals surface area (Å²) in [6, 6.07) is 6.29. The number of aryl methyl sites for hydroxylation is 1. The van der Waals surface area contributed by atoms with E-state index in [4.69, 9.17) is 9.47 Å². The Morgan fingerprint density at radius 3 is 1.39 bits per heavy atom. The summed E-state index contributed by atoms with van der Waals surface area (Å²) in [5, 5.41) is 0. The summed E-state index contributed by atoms with van der Waals surface area (Å²) in [6.07, 6.45) is 23.8. The Morgan fingerprint density at radius 2 is 0.964 bits per heavy atom. The van der Waals surface area contributed by atoms with Gasteiger partial charge in [-0.1, -0.05) is 109 Å². The molecule has 1 rings (SSSR count). The number of methoxy groups -OCH3 is 2. The maximum atomic E-state index is 5.38. The Hall–Kier alpha value is -1.18. The summed E-state index contributed by atoms with van der Waals surface area (Å²) in [5.74, 6) is 1.66. The topological polar surface area (TPSA) is 18.5 Å². The molecule has 0 bridgehead atoms. The first-order valence-electron chi connectivity index (χ1n) is 12.0. The molecule has 0 aliphatic heterocycles. The van der Waals surface area contributed by atoms with E-state index < -0.39 is 0 Å². The summed E-state index contributed by atoms with van der Waals surface area (Å²) in [5.41, 5.74) is 1.35. The first-order valence-corrected chi connectivity index (χ1v) is 12.0. The molecule has 0 aromatic heterocycles. The lowest BCUT2D eigenvalue weighted by molar-refractivity contribution is 0.354. The number of unbranched alkanes of at least 4 members (excludes halogenated alkanes) is 15. The van der Waals surface area contributed by atoms with Crippen LogP contribution in [0.3, 0.4) is 0 Å². The molecular formula is C26H46O2. The Kier molecular flexibility index (Phi) is 15.9. The second-order valence-electron chi connectivity index (χ2n) is 8.24. The molecule has 0 heterocycles. The van der Waals surface area contributed by atoms with Gasteiger partial charge in [0.15, 0.2) is 11.5 Å². The quantitative estimate of drug-likeness (QED) is 0.220. The third-order valence-electron chi connectivity index (χ3n) is 5.77. The number of benzene rings is 1. The van der Waals surface area contributed by atoms with Crippen LogP contribution in [-0.2, 0) is 6.42 Å². The lowest BCUT2D eigenvalue weighted by atomic mass is 10.0. The molecule has 0 fully saturated rings. The zero-order chi connectivity index (χ0) is 20.3. The van der Waals surface area contributed by atoms with Crippen LogP contribution >= 0.6 is 0 Å². The SMILES string of the molecule is CCCCCCCCCCCCCCCCCCc1ccc(OC)c(OC)c1. The fraction of sp³-hybridized carbons (Fsp3) is 0.769. The van der Waals surface area contributed by atoms with Gasteiger partial charge in [0.05, 0.1) is 14.2 Å². The van der Waals surface area contributed by atoms with Gasteiger partial charge >= 0.3 is 0 Å². The lowest BCUT2D eigenvalue weighted by Gasteiger charge is -2.09. The molecule has 0 unspecified atom stereocenters. The minimum absolute atomic E-state index is 0.818. The molecule has 0 amide bonds. The van der Waals surface area contributed by atoms with Gasteiger partial charge in [0.2, 0.25) is 0 Å². The average molecular weight is 391 g/mol. The molecule has 2 heteroatoms. The van der Waals surface area contributed by atoms with E-state index in [9.17, 15) is 0 Å². The fourth-order valence-electron chi connectivity index (χ4n) is 3.91. The van der Waals surface area contributed by atoms with Gasteiger partial charge < -0.3 is 9.47 Å². The Balaban J connectivity index is 1.87. The van der Waals surface area contributed by atoms with Gasteiger partial charge in [-0.25, -0.2) is 0 Å². The minimum atomic E-state index is 0.818. The van der Waals surface area contributed by atoms with Crippen molar-refractivity contribution in [2.75, 3.05) is 14.2 Å². The van der Waals surface area contributed by atoms with Crippen LogP contribution in [0, 0.1) is 0 Å². The van der Waals surface area contributed by atoms with Crippen LogP contribution in [0.4, 0.5) is 0 Å². The highest BCUT2D eigenvalue weighted by atomic mass is 16.5. The molecule has 0 saturated heterocycles. The lowest BCUT2D eigenvalue weighted by Crippen LogP contribution is -1.93. The first-order chi connectivity index (χ1) is 13.8. The van der Waals surface area contributed by atoms with Gasteiger partial charge in [-0.05, 0) is 30.5 Å². The molecule has 0 N–H and O–H groups in total. The van der Waals surface area contributed by atoms with Crippen molar-refractivity contribution in [1.82, 2.24) is 0 Å². The van der Waals surface area contributed by atoms with Gasteiger partial charge in [0.25, 0.3) is 0 Å². The van der Waals surface area contributed by atoms with Crippen molar-refractivity contribution in [3.05, 3.63) is 23.8 Å². The van der Waals surface area contributed by atoms with Crippen molar-refractivity contribution < 1.29 is 9.47 Å². The molecule has 162 valence electrons. The predicted octanol–water partition coefficient (Wildman–Crippen LogP) is 8.51. The molecule has 2 nitrogen and oxygen atoms in total. The molecule has 1 aromatic carbocycles. The zero-order valence-electron chi connectivity index (χ0n) is 19.1. The standard InChI is InChI=1S/C26H46O2/c1-4-5-6-7-8-9-10-11-12-13-14-15-16-17-18-19-20-24-21-22-25(27-2)26(23-24)28-3/h21-23H,4-20H2,1-3H3. The second-order valence-corrected chi connectivity index (χ2v) is 8.24. The normalized spacial score (nSPS) is 11.0. The molecular weight excluding hydrogens is 344 g/mol. The number of hydrogen-bond acceptors (Lipinski definition) is 2. The van der Waals surface area contributed by atoms with Crippen LogP contribution in [0.25, 0.3) is 0 Å². The van der Waals surface area contributed by atoms with Gasteiger partial charge in [-0.3, -0.25) is 0 Å². The highest BCUT2D eigenvalue weighted by molar-refractivity contribution is 5.42.